The predicted molar refractivity (Wildman–Crippen MR) is 46.4 cm³/mol. The van der Waals surface area contributed by atoms with Crippen LogP contribution in [0.4, 0.5) is 0 Å². The molecule has 0 aliphatic rings. The van der Waals surface area contributed by atoms with Crippen LogP contribution in [0, 0.1) is 0 Å². The van der Waals surface area contributed by atoms with Gasteiger partial charge in [0.1, 0.15) is 11.4 Å². The summed E-state index contributed by atoms with van der Waals surface area (Å²) < 4.78 is 5.26. The molecule has 11 heavy (non-hydrogen) atoms. The molecule has 66 valence electrons. The molecule has 0 saturated heterocycles. The first-order valence-electron chi connectivity index (χ1n) is 3.63. The first-order chi connectivity index (χ1) is 5.14. The van der Waals surface area contributed by atoms with Crippen LogP contribution in [0.3, 0.4) is 0 Å². The van der Waals surface area contributed by atoms with Gasteiger partial charge in [-0.3, -0.25) is 4.99 Å². The van der Waals surface area contributed by atoms with Crippen LogP contribution in [0.1, 0.15) is 20.3 Å². The van der Waals surface area contributed by atoms with Crippen LogP contribution in [-0.2, 0) is 4.74 Å². The molecule has 0 aromatic heterocycles. The van der Waals surface area contributed by atoms with E-state index in [9.17, 15) is 0 Å². The molecule has 0 heterocycles. The smallest absolute Gasteiger partial charge is 0.143 e. The van der Waals surface area contributed by atoms with Gasteiger partial charge in [0.05, 0.1) is 0 Å². The van der Waals surface area contributed by atoms with Crippen molar-refractivity contribution in [3.8, 4) is 0 Å². The normalized spacial score (nSPS) is 17.7. The molecule has 0 aliphatic carbocycles. The van der Waals surface area contributed by atoms with Crippen molar-refractivity contribution in [3.63, 3.8) is 0 Å². The Bertz CT molecular complexity index is 141. The van der Waals surface area contributed by atoms with Crippen molar-refractivity contribution < 1.29 is 4.74 Å². The molecule has 0 spiro atoms. The van der Waals surface area contributed by atoms with E-state index >= 15 is 0 Å². The zero-order chi connectivity index (χ0) is 8.91. The molecule has 4 nitrogen and oxygen atoms in total. The number of amidine groups is 1. The summed E-state index contributed by atoms with van der Waals surface area (Å²) in [5.74, 6) is 5.93. The van der Waals surface area contributed by atoms with Crippen molar-refractivity contribution in [1.29, 1.82) is 0 Å². The molecular formula is C7H17N3O. The summed E-state index contributed by atoms with van der Waals surface area (Å²) >= 11 is 0. The zero-order valence-corrected chi connectivity index (χ0v) is 7.64. The molecule has 0 amide bonds. The van der Waals surface area contributed by atoms with Crippen LogP contribution in [0.15, 0.2) is 4.99 Å². The maximum Gasteiger partial charge on any atom is 0.143 e. The van der Waals surface area contributed by atoms with E-state index in [1.165, 1.54) is 0 Å². The third-order valence-corrected chi connectivity index (χ3v) is 1.99. The largest absolute Gasteiger partial charge is 0.371 e. The highest BCUT2D eigenvalue weighted by atomic mass is 16.5. The fourth-order valence-corrected chi connectivity index (χ4v) is 0.862. The number of nitrogens with one attached hydrogen (secondary N) is 1. The standard InChI is InChI=1S/C7H17N3O/c1-5-7(2,11-4)6(9-3)10-8/h5,8H2,1-4H3,(H,9,10). The molecule has 0 bridgehead atoms. The molecule has 4 heteroatoms. The van der Waals surface area contributed by atoms with Gasteiger partial charge < -0.3 is 10.2 Å². The van der Waals surface area contributed by atoms with E-state index in [0.29, 0.717) is 5.84 Å². The summed E-state index contributed by atoms with van der Waals surface area (Å²) in [7, 11) is 3.33. The quantitative estimate of drug-likeness (QED) is 0.269. The van der Waals surface area contributed by atoms with Crippen molar-refractivity contribution in [2.24, 2.45) is 10.8 Å². The SMILES string of the molecule is CCC(C)(OC)C(=NC)NN. The van der Waals surface area contributed by atoms with Gasteiger partial charge in [-0.15, -0.1) is 0 Å². The third-order valence-electron chi connectivity index (χ3n) is 1.99. The van der Waals surface area contributed by atoms with E-state index in [1.807, 2.05) is 13.8 Å². The summed E-state index contributed by atoms with van der Waals surface area (Å²) in [6.07, 6.45) is 0.834. The molecule has 1 atom stereocenters. The first-order valence-corrected chi connectivity index (χ1v) is 3.63. The lowest BCUT2D eigenvalue weighted by molar-refractivity contribution is 0.0599. The van der Waals surface area contributed by atoms with Crippen LogP contribution in [0.5, 0.6) is 0 Å². The number of hydrazine groups is 1. The second-order valence-electron chi connectivity index (χ2n) is 2.51. The average molecular weight is 159 g/mol. The highest BCUT2D eigenvalue weighted by Crippen LogP contribution is 2.14. The van der Waals surface area contributed by atoms with E-state index < -0.39 is 0 Å². The number of hydrogen-bond acceptors (Lipinski definition) is 3. The monoisotopic (exact) mass is 159 g/mol. The van der Waals surface area contributed by atoms with Gasteiger partial charge in [0.2, 0.25) is 0 Å². The van der Waals surface area contributed by atoms with Crippen molar-refractivity contribution in [3.05, 3.63) is 0 Å². The first kappa shape index (κ1) is 10.4. The van der Waals surface area contributed by atoms with Gasteiger partial charge in [-0.05, 0) is 13.3 Å². The summed E-state index contributed by atoms with van der Waals surface area (Å²) in [6.45, 7) is 3.96. The van der Waals surface area contributed by atoms with Crippen molar-refractivity contribution >= 4 is 5.84 Å². The maximum absolute atomic E-state index is 5.26. The molecule has 0 fully saturated rings. The molecule has 0 aromatic carbocycles. The Morgan fingerprint density at radius 3 is 2.36 bits per heavy atom. The van der Waals surface area contributed by atoms with Crippen LogP contribution >= 0.6 is 0 Å². The topological polar surface area (TPSA) is 59.6 Å². The summed E-state index contributed by atoms with van der Waals surface area (Å²) in [5.41, 5.74) is 2.13. The molecule has 0 aliphatic heterocycles. The fourth-order valence-electron chi connectivity index (χ4n) is 0.862. The lowest BCUT2D eigenvalue weighted by atomic mass is 10.0. The van der Waals surface area contributed by atoms with Gasteiger partial charge in [-0.2, -0.15) is 0 Å². The number of ether oxygens (including phenoxy) is 1. The van der Waals surface area contributed by atoms with Gasteiger partial charge in [-0.25, -0.2) is 5.84 Å². The Morgan fingerprint density at radius 1 is 1.73 bits per heavy atom. The van der Waals surface area contributed by atoms with Gasteiger partial charge in [0, 0.05) is 14.2 Å². The number of nitrogens with two attached hydrogens (primary N) is 1. The molecule has 0 saturated carbocycles. The van der Waals surface area contributed by atoms with Crippen LogP contribution in [-0.4, -0.2) is 25.6 Å². The number of rotatable bonds is 3. The van der Waals surface area contributed by atoms with Gasteiger partial charge in [-0.1, -0.05) is 6.92 Å². The lowest BCUT2D eigenvalue weighted by Gasteiger charge is -2.27. The fraction of sp³-hybridized carbons (Fsp3) is 0.857. The van der Waals surface area contributed by atoms with Crippen molar-refractivity contribution in [2.75, 3.05) is 14.2 Å². The highest BCUT2D eigenvalue weighted by Gasteiger charge is 2.27. The predicted octanol–water partition coefficient (Wildman–Crippen LogP) is 0.293. The Balaban J connectivity index is 4.46. The maximum atomic E-state index is 5.26. The van der Waals surface area contributed by atoms with Crippen molar-refractivity contribution in [1.82, 2.24) is 5.43 Å². The Hall–Kier alpha value is -0.610. The third kappa shape index (κ3) is 2.17. The van der Waals surface area contributed by atoms with Crippen LogP contribution in [0.2, 0.25) is 0 Å². The van der Waals surface area contributed by atoms with Crippen LogP contribution < -0.4 is 11.3 Å². The molecule has 0 radical (unpaired) electrons. The minimum absolute atomic E-state index is 0.385. The van der Waals surface area contributed by atoms with Gasteiger partial charge in [0.15, 0.2) is 0 Å². The van der Waals surface area contributed by atoms with E-state index in [-0.39, 0.29) is 5.60 Å². The molecule has 0 rings (SSSR count). The molecule has 0 aromatic rings. The number of nitrogens with zero attached hydrogens (tertiary/aromatic N) is 1. The highest BCUT2D eigenvalue weighted by molar-refractivity contribution is 5.89. The van der Waals surface area contributed by atoms with E-state index in [4.69, 9.17) is 10.6 Å². The number of aliphatic imine (C=N–C) groups is 1. The molecule has 1 unspecified atom stereocenters. The zero-order valence-electron chi connectivity index (χ0n) is 7.64. The second-order valence-corrected chi connectivity index (χ2v) is 2.51. The Morgan fingerprint density at radius 2 is 2.27 bits per heavy atom. The summed E-state index contributed by atoms with van der Waals surface area (Å²) in [5, 5.41) is 0. The molecular weight excluding hydrogens is 142 g/mol. The van der Waals surface area contributed by atoms with Crippen LogP contribution in [0.25, 0.3) is 0 Å². The van der Waals surface area contributed by atoms with Gasteiger partial charge >= 0.3 is 0 Å². The van der Waals surface area contributed by atoms with Gasteiger partial charge in [0.25, 0.3) is 0 Å². The molecule has 3 N–H and O–H groups in total. The minimum Gasteiger partial charge on any atom is -0.371 e. The van der Waals surface area contributed by atoms with E-state index in [1.54, 1.807) is 14.2 Å². The number of methoxy groups -OCH3 is 1. The second kappa shape index (κ2) is 4.31. The van der Waals surface area contributed by atoms with E-state index in [2.05, 4.69) is 10.4 Å². The average Bonchev–Trinajstić information content (AvgIpc) is 2.06. The Labute approximate surface area is 67.8 Å². The number of hydrogen-bond donors (Lipinski definition) is 2. The minimum atomic E-state index is -0.385. The summed E-state index contributed by atoms with van der Waals surface area (Å²) in [6, 6.07) is 0. The van der Waals surface area contributed by atoms with Crippen molar-refractivity contribution in [2.45, 2.75) is 25.9 Å². The van der Waals surface area contributed by atoms with E-state index in [0.717, 1.165) is 6.42 Å². The Kier molecular flexibility index (Phi) is 4.07. The lowest BCUT2D eigenvalue weighted by Crippen LogP contribution is -2.48. The summed E-state index contributed by atoms with van der Waals surface area (Å²) in [4.78, 5) is 3.98.